The highest BCUT2D eigenvalue weighted by Gasteiger charge is 2.28. The first-order valence-corrected chi connectivity index (χ1v) is 7.33. The van der Waals surface area contributed by atoms with Crippen LogP contribution in [-0.2, 0) is 6.54 Å². The number of pyridine rings is 1. The zero-order valence-electron chi connectivity index (χ0n) is 11.9. The van der Waals surface area contributed by atoms with Gasteiger partial charge >= 0.3 is 0 Å². The van der Waals surface area contributed by atoms with Crippen LogP contribution in [0.4, 0.5) is 0 Å². The third kappa shape index (κ3) is 1.95. The number of H-pyrrole nitrogens is 1. The lowest BCUT2D eigenvalue weighted by molar-refractivity contribution is 0.678. The summed E-state index contributed by atoms with van der Waals surface area (Å²) in [4.78, 5) is 12.8. The highest BCUT2D eigenvalue weighted by atomic mass is 32.1. The van der Waals surface area contributed by atoms with E-state index in [2.05, 4.69) is 16.3 Å². The number of aryl methyl sites for hydroxylation is 2. The minimum atomic E-state index is 0.0497. The molecule has 0 amide bonds. The molecule has 0 atom stereocenters. The van der Waals surface area contributed by atoms with Gasteiger partial charge in [0.05, 0.1) is 5.56 Å². The Balaban J connectivity index is 2.31. The van der Waals surface area contributed by atoms with E-state index >= 15 is 0 Å². The average molecular weight is 290 g/mol. The van der Waals surface area contributed by atoms with Crippen molar-refractivity contribution in [2.45, 2.75) is 46.2 Å². The summed E-state index contributed by atoms with van der Waals surface area (Å²) in [5.41, 5.74) is 2.69. The van der Waals surface area contributed by atoms with Crippen molar-refractivity contribution in [1.29, 1.82) is 0 Å². The Labute approximate surface area is 122 Å². The molecule has 1 fully saturated rings. The van der Waals surface area contributed by atoms with Gasteiger partial charge in [0.1, 0.15) is 0 Å². The van der Waals surface area contributed by atoms with Crippen molar-refractivity contribution in [1.82, 2.24) is 19.3 Å². The zero-order valence-corrected chi connectivity index (χ0v) is 12.8. The maximum absolute atomic E-state index is 12.8. The number of hydrogen-bond acceptors (Lipinski definition) is 3. The van der Waals surface area contributed by atoms with Crippen LogP contribution in [0.2, 0.25) is 0 Å². The van der Waals surface area contributed by atoms with E-state index < -0.39 is 0 Å². The number of aromatic amines is 1. The van der Waals surface area contributed by atoms with E-state index in [1.54, 1.807) is 0 Å². The molecule has 0 bridgehead atoms. The number of nitrogens with zero attached hydrogens (tertiary/aromatic N) is 3. The first-order valence-electron chi connectivity index (χ1n) is 6.93. The van der Waals surface area contributed by atoms with Crippen LogP contribution in [0.3, 0.4) is 0 Å². The Bertz CT molecular complexity index is 779. The minimum absolute atomic E-state index is 0.0497. The highest BCUT2D eigenvalue weighted by Crippen LogP contribution is 2.35. The van der Waals surface area contributed by atoms with Crippen LogP contribution < -0.4 is 5.56 Å². The molecule has 1 saturated carbocycles. The summed E-state index contributed by atoms with van der Waals surface area (Å²) in [5.74, 6) is 0.648. The molecular weight excluding hydrogens is 272 g/mol. The van der Waals surface area contributed by atoms with Gasteiger partial charge in [0.2, 0.25) is 0 Å². The van der Waals surface area contributed by atoms with E-state index in [1.165, 1.54) is 0 Å². The van der Waals surface area contributed by atoms with Crippen molar-refractivity contribution >= 4 is 12.2 Å². The van der Waals surface area contributed by atoms with Crippen LogP contribution in [-0.4, -0.2) is 19.3 Å². The van der Waals surface area contributed by atoms with E-state index in [9.17, 15) is 4.79 Å². The highest BCUT2D eigenvalue weighted by molar-refractivity contribution is 7.71. The van der Waals surface area contributed by atoms with Gasteiger partial charge in [-0.05, 0) is 57.5 Å². The molecule has 1 N–H and O–H groups in total. The van der Waals surface area contributed by atoms with Crippen LogP contribution in [0.15, 0.2) is 10.9 Å². The molecule has 6 heteroatoms. The maximum Gasteiger partial charge on any atom is 0.262 e. The quantitative estimate of drug-likeness (QED) is 0.884. The molecule has 2 heterocycles. The lowest BCUT2D eigenvalue weighted by Gasteiger charge is -2.13. The van der Waals surface area contributed by atoms with Crippen LogP contribution in [0, 0.1) is 18.6 Å². The monoisotopic (exact) mass is 290 g/mol. The van der Waals surface area contributed by atoms with Gasteiger partial charge in [-0.1, -0.05) is 0 Å². The molecule has 0 unspecified atom stereocenters. The summed E-state index contributed by atoms with van der Waals surface area (Å²) in [7, 11) is 0. The Hall–Kier alpha value is -1.69. The van der Waals surface area contributed by atoms with Gasteiger partial charge in [-0.25, -0.2) is 0 Å². The van der Waals surface area contributed by atoms with Crippen molar-refractivity contribution < 1.29 is 0 Å². The average Bonchev–Trinajstić information content (AvgIpc) is 3.13. The van der Waals surface area contributed by atoms with Crippen molar-refractivity contribution in [2.75, 3.05) is 0 Å². The summed E-state index contributed by atoms with van der Waals surface area (Å²) in [6, 6.07) is 2.42. The number of nitrogens with one attached hydrogen (secondary N) is 1. The lowest BCUT2D eigenvalue weighted by atomic mass is 10.1. The van der Waals surface area contributed by atoms with E-state index in [-0.39, 0.29) is 5.56 Å². The van der Waals surface area contributed by atoms with E-state index in [0.29, 0.717) is 28.7 Å². The van der Waals surface area contributed by atoms with E-state index in [4.69, 9.17) is 12.2 Å². The van der Waals surface area contributed by atoms with Gasteiger partial charge in [0.15, 0.2) is 10.6 Å². The fourth-order valence-electron chi connectivity index (χ4n) is 2.76. The molecule has 3 rings (SSSR count). The molecule has 0 aromatic carbocycles. The molecule has 1 aliphatic rings. The molecule has 0 radical (unpaired) electrons. The standard InChI is InChI=1S/C14H18N4OS/c1-4-17-12(15-16-14(17)20)11-8(2)7-9(3)18(13(11)19)10-5-6-10/h7,10H,4-6H2,1-3H3,(H,16,20). The molecule has 0 spiro atoms. The van der Waals surface area contributed by atoms with Crippen LogP contribution in [0.25, 0.3) is 11.4 Å². The number of aromatic nitrogens is 4. The van der Waals surface area contributed by atoms with Gasteiger partial charge in [0.25, 0.3) is 5.56 Å². The van der Waals surface area contributed by atoms with Gasteiger partial charge < -0.3 is 9.13 Å². The molecule has 2 aromatic rings. The van der Waals surface area contributed by atoms with Crippen LogP contribution in [0.5, 0.6) is 0 Å². The maximum atomic E-state index is 12.8. The molecule has 106 valence electrons. The van der Waals surface area contributed by atoms with E-state index in [1.807, 2.05) is 29.9 Å². The summed E-state index contributed by atoms with van der Waals surface area (Å²) in [6.07, 6.45) is 2.17. The van der Waals surface area contributed by atoms with Gasteiger partial charge in [-0.15, -0.1) is 0 Å². The molecule has 5 nitrogen and oxygen atoms in total. The number of rotatable bonds is 3. The first-order chi connectivity index (χ1) is 9.54. The van der Waals surface area contributed by atoms with Crippen molar-refractivity contribution in [2.24, 2.45) is 0 Å². The predicted molar refractivity (Wildman–Crippen MR) is 80.5 cm³/mol. The molecule has 0 aliphatic heterocycles. The SMILES string of the molecule is CCn1c(-c2c(C)cc(C)n(C3CC3)c2=O)n[nH]c1=S. The molecule has 1 aliphatic carbocycles. The molecule has 0 saturated heterocycles. The van der Waals surface area contributed by atoms with E-state index in [0.717, 1.165) is 24.1 Å². The van der Waals surface area contributed by atoms with Crippen LogP contribution >= 0.6 is 12.2 Å². The van der Waals surface area contributed by atoms with Crippen molar-refractivity contribution in [3.05, 3.63) is 32.4 Å². The Morgan fingerprint density at radius 3 is 2.75 bits per heavy atom. The summed E-state index contributed by atoms with van der Waals surface area (Å²) < 4.78 is 4.32. The smallest absolute Gasteiger partial charge is 0.262 e. The van der Waals surface area contributed by atoms with Crippen LogP contribution in [0.1, 0.15) is 37.1 Å². The molecule has 20 heavy (non-hydrogen) atoms. The Morgan fingerprint density at radius 1 is 1.45 bits per heavy atom. The third-order valence-corrected chi connectivity index (χ3v) is 4.15. The van der Waals surface area contributed by atoms with Crippen molar-refractivity contribution in [3.8, 4) is 11.4 Å². The zero-order chi connectivity index (χ0) is 14.4. The summed E-state index contributed by atoms with van der Waals surface area (Å²) in [6.45, 7) is 6.64. The second-order valence-corrected chi connectivity index (χ2v) is 5.73. The summed E-state index contributed by atoms with van der Waals surface area (Å²) in [5, 5.41) is 7.05. The predicted octanol–water partition coefficient (Wildman–Crippen LogP) is 2.74. The largest absolute Gasteiger partial charge is 0.309 e. The Kier molecular flexibility index (Phi) is 3.12. The van der Waals surface area contributed by atoms with Gasteiger partial charge in [0, 0.05) is 18.3 Å². The lowest BCUT2D eigenvalue weighted by Crippen LogP contribution is -2.25. The Morgan fingerprint density at radius 2 is 2.15 bits per heavy atom. The fourth-order valence-corrected chi connectivity index (χ4v) is 3.03. The second-order valence-electron chi connectivity index (χ2n) is 5.35. The second kappa shape index (κ2) is 4.70. The topological polar surface area (TPSA) is 55.6 Å². The fraction of sp³-hybridized carbons (Fsp3) is 0.500. The van der Waals surface area contributed by atoms with Gasteiger partial charge in [-0.3, -0.25) is 9.89 Å². The summed E-state index contributed by atoms with van der Waals surface area (Å²) >= 11 is 5.22. The minimum Gasteiger partial charge on any atom is -0.309 e. The number of hydrogen-bond donors (Lipinski definition) is 1. The normalized spacial score (nSPS) is 14.8. The van der Waals surface area contributed by atoms with Crippen molar-refractivity contribution in [3.63, 3.8) is 0 Å². The molecular formula is C14H18N4OS. The first kappa shape index (κ1) is 13.3. The van der Waals surface area contributed by atoms with Gasteiger partial charge in [-0.2, -0.15) is 5.10 Å². The molecule has 2 aromatic heterocycles. The third-order valence-electron chi connectivity index (χ3n) is 3.84.